The minimum absolute atomic E-state index is 0.0398. The summed E-state index contributed by atoms with van der Waals surface area (Å²) in [6, 6.07) is 11.8. The Balaban J connectivity index is 2.17. The molecule has 4 heteroatoms. The van der Waals surface area contributed by atoms with E-state index in [0.29, 0.717) is 11.6 Å². The lowest BCUT2D eigenvalue weighted by Gasteiger charge is -2.09. The van der Waals surface area contributed by atoms with Crippen LogP contribution in [0.5, 0.6) is 11.5 Å². The van der Waals surface area contributed by atoms with Crippen molar-refractivity contribution in [3.8, 4) is 11.5 Å². The molecule has 0 aliphatic rings. The fourth-order valence-electron chi connectivity index (χ4n) is 1.86. The van der Waals surface area contributed by atoms with E-state index in [0.717, 1.165) is 0 Å². The summed E-state index contributed by atoms with van der Waals surface area (Å²) in [6.45, 7) is 4.19. The van der Waals surface area contributed by atoms with Gasteiger partial charge in [-0.05, 0) is 35.7 Å². The Morgan fingerprint density at radius 3 is 2.30 bits per heavy atom. The standard InChI is InChI=1S/C16H17NO3/c1-10(2)11-6-8-12(9-7-11)17-16(20)13-4-3-5-14(18)15(13)19/h3-10,18-19H,1-2H3,(H,17,20). The van der Waals surface area contributed by atoms with Crippen molar-refractivity contribution >= 4 is 11.6 Å². The number of nitrogens with one attached hydrogen (secondary N) is 1. The molecule has 1 amide bonds. The maximum Gasteiger partial charge on any atom is 0.259 e. The van der Waals surface area contributed by atoms with Crippen molar-refractivity contribution in [1.82, 2.24) is 0 Å². The highest BCUT2D eigenvalue weighted by Gasteiger charge is 2.14. The monoisotopic (exact) mass is 271 g/mol. The minimum atomic E-state index is -0.462. The number of amides is 1. The smallest absolute Gasteiger partial charge is 0.259 e. The van der Waals surface area contributed by atoms with Crippen molar-refractivity contribution in [3.63, 3.8) is 0 Å². The summed E-state index contributed by atoms with van der Waals surface area (Å²) < 4.78 is 0. The van der Waals surface area contributed by atoms with Gasteiger partial charge < -0.3 is 15.5 Å². The molecule has 0 radical (unpaired) electrons. The zero-order valence-corrected chi connectivity index (χ0v) is 11.4. The zero-order chi connectivity index (χ0) is 14.7. The molecule has 0 spiro atoms. The second-order valence-corrected chi connectivity index (χ2v) is 4.90. The maximum absolute atomic E-state index is 12.0. The van der Waals surface area contributed by atoms with E-state index in [-0.39, 0.29) is 11.3 Å². The van der Waals surface area contributed by atoms with Gasteiger partial charge in [0.05, 0.1) is 5.56 Å². The second-order valence-electron chi connectivity index (χ2n) is 4.90. The van der Waals surface area contributed by atoms with Crippen LogP contribution in [0.15, 0.2) is 42.5 Å². The Bertz CT molecular complexity index is 618. The number of rotatable bonds is 3. The van der Waals surface area contributed by atoms with Crippen molar-refractivity contribution in [2.45, 2.75) is 19.8 Å². The summed E-state index contributed by atoms with van der Waals surface area (Å²) in [7, 11) is 0. The van der Waals surface area contributed by atoms with Gasteiger partial charge >= 0.3 is 0 Å². The fourth-order valence-corrected chi connectivity index (χ4v) is 1.86. The van der Waals surface area contributed by atoms with Gasteiger partial charge in [-0.3, -0.25) is 4.79 Å². The van der Waals surface area contributed by atoms with Gasteiger partial charge in [0.2, 0.25) is 0 Å². The van der Waals surface area contributed by atoms with Crippen LogP contribution in [0.25, 0.3) is 0 Å². The van der Waals surface area contributed by atoms with Crippen molar-refractivity contribution in [3.05, 3.63) is 53.6 Å². The van der Waals surface area contributed by atoms with Crippen molar-refractivity contribution in [1.29, 1.82) is 0 Å². The molecule has 0 aliphatic heterocycles. The van der Waals surface area contributed by atoms with Crippen LogP contribution in [0.4, 0.5) is 5.69 Å². The molecule has 0 aromatic heterocycles. The van der Waals surface area contributed by atoms with Crippen LogP contribution in [-0.2, 0) is 0 Å². The lowest BCUT2D eigenvalue weighted by Crippen LogP contribution is -2.12. The first-order valence-electron chi connectivity index (χ1n) is 6.41. The highest BCUT2D eigenvalue weighted by atomic mass is 16.3. The van der Waals surface area contributed by atoms with Crippen LogP contribution in [0.3, 0.4) is 0 Å². The highest BCUT2D eigenvalue weighted by molar-refractivity contribution is 6.06. The number of para-hydroxylation sites is 1. The number of benzene rings is 2. The van der Waals surface area contributed by atoms with E-state index in [1.54, 1.807) is 0 Å². The number of carbonyl (C=O) groups is 1. The average Bonchev–Trinajstić information content (AvgIpc) is 2.42. The topological polar surface area (TPSA) is 69.6 Å². The van der Waals surface area contributed by atoms with Crippen LogP contribution >= 0.6 is 0 Å². The third kappa shape index (κ3) is 2.91. The normalized spacial score (nSPS) is 10.6. The molecular weight excluding hydrogens is 254 g/mol. The lowest BCUT2D eigenvalue weighted by atomic mass is 10.0. The van der Waals surface area contributed by atoms with Gasteiger partial charge in [-0.25, -0.2) is 0 Å². The van der Waals surface area contributed by atoms with Gasteiger partial charge in [-0.2, -0.15) is 0 Å². The Labute approximate surface area is 117 Å². The molecule has 3 N–H and O–H groups in total. The summed E-state index contributed by atoms with van der Waals surface area (Å²) in [4.78, 5) is 12.0. The van der Waals surface area contributed by atoms with Crippen LogP contribution in [0.1, 0.15) is 35.7 Å². The molecule has 0 saturated carbocycles. The highest BCUT2D eigenvalue weighted by Crippen LogP contribution is 2.28. The van der Waals surface area contributed by atoms with E-state index in [1.807, 2.05) is 24.3 Å². The molecule has 0 fully saturated rings. The molecule has 4 nitrogen and oxygen atoms in total. The number of phenols is 2. The molecule has 20 heavy (non-hydrogen) atoms. The van der Waals surface area contributed by atoms with Gasteiger partial charge in [-0.15, -0.1) is 0 Å². The molecule has 0 aliphatic carbocycles. The molecule has 0 unspecified atom stereocenters. The maximum atomic E-state index is 12.0. The van der Waals surface area contributed by atoms with Crippen LogP contribution < -0.4 is 5.32 Å². The fraction of sp³-hybridized carbons (Fsp3) is 0.188. The number of anilines is 1. The minimum Gasteiger partial charge on any atom is -0.504 e. The Morgan fingerprint density at radius 2 is 1.70 bits per heavy atom. The molecule has 0 bridgehead atoms. The number of hydrogen-bond donors (Lipinski definition) is 3. The summed E-state index contributed by atoms with van der Waals surface area (Å²) in [5.41, 5.74) is 1.86. The number of phenolic OH excluding ortho intramolecular Hbond substituents is 2. The summed E-state index contributed by atoms with van der Waals surface area (Å²) >= 11 is 0. The van der Waals surface area contributed by atoms with Crippen LogP contribution in [-0.4, -0.2) is 16.1 Å². The average molecular weight is 271 g/mol. The Hall–Kier alpha value is -2.49. The van der Waals surface area contributed by atoms with E-state index >= 15 is 0 Å². The third-order valence-electron chi connectivity index (χ3n) is 3.09. The van der Waals surface area contributed by atoms with Crippen molar-refractivity contribution in [2.75, 3.05) is 5.32 Å². The summed E-state index contributed by atoms with van der Waals surface area (Å²) in [6.07, 6.45) is 0. The van der Waals surface area contributed by atoms with E-state index in [2.05, 4.69) is 19.2 Å². The van der Waals surface area contributed by atoms with Crippen molar-refractivity contribution < 1.29 is 15.0 Å². The van der Waals surface area contributed by atoms with Crippen LogP contribution in [0, 0.1) is 0 Å². The van der Waals surface area contributed by atoms with Crippen molar-refractivity contribution in [2.24, 2.45) is 0 Å². The van der Waals surface area contributed by atoms with Gasteiger partial charge in [0, 0.05) is 5.69 Å². The zero-order valence-electron chi connectivity index (χ0n) is 11.4. The number of hydrogen-bond acceptors (Lipinski definition) is 3. The Morgan fingerprint density at radius 1 is 1.05 bits per heavy atom. The largest absolute Gasteiger partial charge is 0.504 e. The number of aromatic hydroxyl groups is 2. The second kappa shape index (κ2) is 5.65. The van der Waals surface area contributed by atoms with Gasteiger partial charge in [-0.1, -0.05) is 32.0 Å². The first-order valence-corrected chi connectivity index (χ1v) is 6.41. The quantitative estimate of drug-likeness (QED) is 0.749. The SMILES string of the molecule is CC(C)c1ccc(NC(=O)c2cccc(O)c2O)cc1. The van der Waals surface area contributed by atoms with E-state index in [1.165, 1.54) is 23.8 Å². The molecule has 0 heterocycles. The van der Waals surface area contributed by atoms with Gasteiger partial charge in [0.15, 0.2) is 11.5 Å². The van der Waals surface area contributed by atoms with E-state index < -0.39 is 11.7 Å². The van der Waals surface area contributed by atoms with Crippen LogP contribution in [0.2, 0.25) is 0 Å². The lowest BCUT2D eigenvalue weighted by molar-refractivity contribution is 0.102. The first kappa shape index (κ1) is 13.9. The Kier molecular flexibility index (Phi) is 3.94. The molecule has 2 aromatic carbocycles. The molecule has 0 saturated heterocycles. The predicted molar refractivity (Wildman–Crippen MR) is 78.3 cm³/mol. The third-order valence-corrected chi connectivity index (χ3v) is 3.09. The number of carbonyl (C=O) groups excluding carboxylic acids is 1. The molecule has 2 aromatic rings. The van der Waals surface area contributed by atoms with E-state index in [4.69, 9.17) is 0 Å². The molecule has 2 rings (SSSR count). The summed E-state index contributed by atoms with van der Waals surface area (Å²) in [5.74, 6) is -0.762. The molecule has 0 atom stereocenters. The summed E-state index contributed by atoms with van der Waals surface area (Å²) in [5, 5.41) is 21.7. The molecular formula is C16H17NO3. The molecule has 104 valence electrons. The first-order chi connectivity index (χ1) is 9.49. The predicted octanol–water partition coefficient (Wildman–Crippen LogP) is 3.47. The van der Waals surface area contributed by atoms with Gasteiger partial charge in [0.1, 0.15) is 0 Å². The van der Waals surface area contributed by atoms with E-state index in [9.17, 15) is 15.0 Å². The van der Waals surface area contributed by atoms with Gasteiger partial charge in [0.25, 0.3) is 5.91 Å².